The fourth-order valence-corrected chi connectivity index (χ4v) is 3.89. The molecule has 1 atom stereocenters. The molecule has 0 aliphatic heterocycles. The monoisotopic (exact) mass is 381 g/mol. The molecule has 0 spiro atoms. The van der Waals surface area contributed by atoms with Crippen molar-refractivity contribution in [3.63, 3.8) is 0 Å². The second-order valence-electron chi connectivity index (χ2n) is 6.96. The molecule has 1 aliphatic rings. The van der Waals surface area contributed by atoms with Crippen molar-refractivity contribution in [1.82, 2.24) is 25.4 Å². The predicted molar refractivity (Wildman–Crippen MR) is 97.8 cm³/mol. The first kappa shape index (κ1) is 17.0. The lowest BCUT2D eigenvalue weighted by Gasteiger charge is -2.24. The average Bonchev–Trinajstić information content (AvgIpc) is 3.32. The zero-order chi connectivity index (χ0) is 19.1. The molecule has 0 saturated carbocycles. The van der Waals surface area contributed by atoms with E-state index in [0.29, 0.717) is 12.2 Å². The summed E-state index contributed by atoms with van der Waals surface area (Å²) in [6, 6.07) is 9.33. The Morgan fingerprint density at radius 1 is 1.14 bits per heavy atom. The third kappa shape index (κ3) is 2.95. The normalized spacial score (nSPS) is 16.4. The molecule has 0 saturated heterocycles. The molecule has 1 aliphatic carbocycles. The fourth-order valence-electron chi connectivity index (χ4n) is 3.89. The quantitative estimate of drug-likeness (QED) is 0.581. The van der Waals surface area contributed by atoms with Crippen LogP contribution in [0.25, 0.3) is 16.7 Å². The Labute approximate surface area is 159 Å². The summed E-state index contributed by atoms with van der Waals surface area (Å²) < 4.78 is 33.7. The number of hydrogen-bond donors (Lipinski definition) is 1. The number of nitrogens with zero attached hydrogens (tertiary/aromatic N) is 4. The lowest BCUT2D eigenvalue weighted by Crippen LogP contribution is -2.25. The van der Waals surface area contributed by atoms with Gasteiger partial charge in [0.05, 0.1) is 11.9 Å². The van der Waals surface area contributed by atoms with Crippen LogP contribution in [0.5, 0.6) is 0 Å². The number of aromatic nitrogens is 4. The van der Waals surface area contributed by atoms with E-state index in [2.05, 4.69) is 20.7 Å². The molecule has 5 rings (SSSR count). The molecule has 0 bridgehead atoms. The highest BCUT2D eigenvalue weighted by Gasteiger charge is 2.25. The fraction of sp³-hybridized carbons (Fsp3) is 0.250. The van der Waals surface area contributed by atoms with Gasteiger partial charge >= 0.3 is 0 Å². The maximum absolute atomic E-state index is 13.6. The average molecular weight is 381 g/mol. The number of halogens is 2. The second-order valence-corrected chi connectivity index (χ2v) is 6.96. The lowest BCUT2D eigenvalue weighted by atomic mass is 9.92. The van der Waals surface area contributed by atoms with Crippen LogP contribution in [0.1, 0.15) is 35.7 Å². The van der Waals surface area contributed by atoms with E-state index in [1.54, 1.807) is 10.9 Å². The third-order valence-electron chi connectivity index (χ3n) is 5.18. The minimum atomic E-state index is -0.612. The van der Waals surface area contributed by atoms with Gasteiger partial charge in [-0.25, -0.2) is 18.1 Å². The molecule has 8 heteroatoms. The van der Waals surface area contributed by atoms with Crippen LogP contribution in [0.4, 0.5) is 8.78 Å². The standard InChI is InChI=1S/C20H17F2N5O/c21-13-7-14(22)9-15(8-13)27-19-6-2-4-17(16(19)11-24-27)23-10-12-3-1-5-18-20(12)26-28-25-18/h1,3,5,7-9,11,17,23H,2,4,6,10H2. The Morgan fingerprint density at radius 2 is 2.00 bits per heavy atom. The van der Waals surface area contributed by atoms with Gasteiger partial charge in [0.2, 0.25) is 0 Å². The Kier molecular flexibility index (Phi) is 4.12. The van der Waals surface area contributed by atoms with Gasteiger partial charge < -0.3 is 5.32 Å². The summed E-state index contributed by atoms with van der Waals surface area (Å²) in [5.41, 5.74) is 4.92. The van der Waals surface area contributed by atoms with Crippen molar-refractivity contribution in [2.24, 2.45) is 0 Å². The van der Waals surface area contributed by atoms with E-state index in [0.717, 1.165) is 53.2 Å². The van der Waals surface area contributed by atoms with E-state index >= 15 is 0 Å². The van der Waals surface area contributed by atoms with E-state index in [9.17, 15) is 8.78 Å². The van der Waals surface area contributed by atoms with Crippen LogP contribution < -0.4 is 5.32 Å². The van der Waals surface area contributed by atoms with Gasteiger partial charge in [-0.3, -0.25) is 0 Å². The zero-order valence-electron chi connectivity index (χ0n) is 14.9. The van der Waals surface area contributed by atoms with Gasteiger partial charge in [0, 0.05) is 29.9 Å². The third-order valence-corrected chi connectivity index (χ3v) is 5.18. The van der Waals surface area contributed by atoms with Crippen LogP contribution in [0.15, 0.2) is 47.2 Å². The number of hydrogen-bond acceptors (Lipinski definition) is 5. The van der Waals surface area contributed by atoms with Crippen LogP contribution in [-0.2, 0) is 13.0 Å². The topological polar surface area (TPSA) is 68.8 Å². The maximum atomic E-state index is 13.6. The van der Waals surface area contributed by atoms with Crippen molar-refractivity contribution >= 4 is 11.0 Å². The first-order chi connectivity index (χ1) is 13.7. The summed E-state index contributed by atoms with van der Waals surface area (Å²) in [6.45, 7) is 0.607. The first-order valence-corrected chi connectivity index (χ1v) is 9.16. The van der Waals surface area contributed by atoms with Gasteiger partial charge in [-0.1, -0.05) is 12.1 Å². The summed E-state index contributed by atoms with van der Waals surface area (Å²) in [4.78, 5) is 0. The molecule has 0 radical (unpaired) electrons. The highest BCUT2D eigenvalue weighted by molar-refractivity contribution is 5.76. The van der Waals surface area contributed by atoms with Crippen molar-refractivity contribution in [2.45, 2.75) is 31.8 Å². The van der Waals surface area contributed by atoms with Gasteiger partial charge in [-0.2, -0.15) is 5.10 Å². The summed E-state index contributed by atoms with van der Waals surface area (Å²) in [5, 5.41) is 15.8. The molecule has 2 aromatic heterocycles. The van der Waals surface area contributed by atoms with Gasteiger partial charge in [-0.05, 0) is 53.3 Å². The first-order valence-electron chi connectivity index (χ1n) is 9.16. The largest absolute Gasteiger partial charge is 0.306 e. The zero-order valence-corrected chi connectivity index (χ0v) is 14.9. The molecule has 142 valence electrons. The number of nitrogens with one attached hydrogen (secondary N) is 1. The molecule has 28 heavy (non-hydrogen) atoms. The molecule has 6 nitrogen and oxygen atoms in total. The van der Waals surface area contributed by atoms with E-state index in [-0.39, 0.29) is 6.04 Å². The van der Waals surface area contributed by atoms with E-state index in [4.69, 9.17) is 4.63 Å². The smallest absolute Gasteiger partial charge is 0.139 e. The SMILES string of the molecule is Fc1cc(F)cc(-n2ncc3c2CCCC3NCc2cccc3nonc23)c1. The van der Waals surface area contributed by atoms with Gasteiger partial charge in [0.15, 0.2) is 0 Å². The summed E-state index contributed by atoms with van der Waals surface area (Å²) >= 11 is 0. The molecular formula is C20H17F2N5O. The van der Waals surface area contributed by atoms with Crippen LogP contribution in [-0.4, -0.2) is 20.1 Å². The molecule has 1 unspecified atom stereocenters. The second kappa shape index (κ2) is 6.79. The van der Waals surface area contributed by atoms with Crippen LogP contribution in [0.2, 0.25) is 0 Å². The highest BCUT2D eigenvalue weighted by Crippen LogP contribution is 2.32. The number of fused-ring (bicyclic) bond motifs is 2. The summed E-state index contributed by atoms with van der Waals surface area (Å²) in [7, 11) is 0. The lowest BCUT2D eigenvalue weighted by molar-refractivity contribution is 0.315. The minimum Gasteiger partial charge on any atom is -0.306 e. The van der Waals surface area contributed by atoms with Crippen molar-refractivity contribution in [3.8, 4) is 5.69 Å². The molecular weight excluding hydrogens is 364 g/mol. The van der Waals surface area contributed by atoms with Crippen molar-refractivity contribution in [2.75, 3.05) is 0 Å². The summed E-state index contributed by atoms with van der Waals surface area (Å²) in [6.07, 6.45) is 4.52. The Morgan fingerprint density at radius 3 is 2.86 bits per heavy atom. The van der Waals surface area contributed by atoms with E-state index < -0.39 is 11.6 Å². The Balaban J connectivity index is 1.42. The van der Waals surface area contributed by atoms with Gasteiger partial charge in [0.25, 0.3) is 0 Å². The van der Waals surface area contributed by atoms with Crippen molar-refractivity contribution < 1.29 is 13.4 Å². The maximum Gasteiger partial charge on any atom is 0.139 e. The minimum absolute atomic E-state index is 0.103. The molecule has 1 N–H and O–H groups in total. The van der Waals surface area contributed by atoms with Crippen LogP contribution in [0, 0.1) is 11.6 Å². The molecule has 0 amide bonds. The van der Waals surface area contributed by atoms with E-state index in [1.807, 2.05) is 18.2 Å². The molecule has 0 fully saturated rings. The van der Waals surface area contributed by atoms with Crippen molar-refractivity contribution in [1.29, 1.82) is 0 Å². The molecule has 2 heterocycles. The van der Waals surface area contributed by atoms with Gasteiger partial charge in [-0.15, -0.1) is 0 Å². The predicted octanol–water partition coefficient (Wildman–Crippen LogP) is 3.85. The Bertz CT molecular complexity index is 1130. The number of benzene rings is 2. The van der Waals surface area contributed by atoms with Crippen LogP contribution >= 0.6 is 0 Å². The van der Waals surface area contributed by atoms with Crippen LogP contribution in [0.3, 0.4) is 0 Å². The number of rotatable bonds is 4. The molecule has 2 aromatic carbocycles. The Hall–Kier alpha value is -3.13. The van der Waals surface area contributed by atoms with Gasteiger partial charge in [0.1, 0.15) is 22.7 Å². The van der Waals surface area contributed by atoms with E-state index in [1.165, 1.54) is 12.1 Å². The highest BCUT2D eigenvalue weighted by atomic mass is 19.1. The van der Waals surface area contributed by atoms with Crippen molar-refractivity contribution in [3.05, 3.63) is 71.1 Å². The summed E-state index contributed by atoms with van der Waals surface area (Å²) in [5.74, 6) is -1.22. The molecule has 4 aromatic rings.